The summed E-state index contributed by atoms with van der Waals surface area (Å²) in [5.74, 6) is 0.947. The van der Waals surface area contributed by atoms with Gasteiger partial charge in [0.25, 0.3) is 0 Å². The third-order valence-electron chi connectivity index (χ3n) is 5.63. The van der Waals surface area contributed by atoms with Crippen molar-refractivity contribution in [2.24, 2.45) is 0 Å². The lowest BCUT2D eigenvalue weighted by molar-refractivity contribution is -0.139. The quantitative estimate of drug-likeness (QED) is 0.410. The second kappa shape index (κ2) is 13.0. The predicted molar refractivity (Wildman–Crippen MR) is 142 cm³/mol. The molecule has 0 saturated carbocycles. The number of nitrogens with one attached hydrogen (secondary N) is 1. The van der Waals surface area contributed by atoms with Crippen molar-refractivity contribution < 1.29 is 9.59 Å². The number of rotatable bonds is 11. The molecule has 0 aromatic heterocycles. The first-order chi connectivity index (χ1) is 16.5. The number of hydrogen-bond donors (Lipinski definition) is 1. The summed E-state index contributed by atoms with van der Waals surface area (Å²) >= 11 is 1.59. The average Bonchev–Trinajstić information content (AvgIpc) is 2.82. The summed E-state index contributed by atoms with van der Waals surface area (Å²) in [6.45, 7) is 6.95. The summed E-state index contributed by atoms with van der Waals surface area (Å²) in [7, 11) is 0. The van der Waals surface area contributed by atoms with Crippen molar-refractivity contribution in [2.75, 3.05) is 12.3 Å². The Labute approximate surface area is 207 Å². The molecule has 0 aliphatic carbocycles. The summed E-state index contributed by atoms with van der Waals surface area (Å²) in [5, 5.41) is 2.95. The van der Waals surface area contributed by atoms with Crippen LogP contribution in [0.5, 0.6) is 0 Å². The lowest BCUT2D eigenvalue weighted by Crippen LogP contribution is -2.51. The van der Waals surface area contributed by atoms with Gasteiger partial charge in [-0.05, 0) is 37.5 Å². The van der Waals surface area contributed by atoms with Crippen molar-refractivity contribution in [2.45, 2.75) is 45.5 Å². The van der Waals surface area contributed by atoms with Gasteiger partial charge < -0.3 is 10.2 Å². The van der Waals surface area contributed by atoms with Crippen molar-refractivity contribution in [1.82, 2.24) is 10.2 Å². The zero-order chi connectivity index (χ0) is 24.3. The van der Waals surface area contributed by atoms with E-state index in [1.54, 1.807) is 16.7 Å². The van der Waals surface area contributed by atoms with Gasteiger partial charge in [-0.25, -0.2) is 0 Å². The molecule has 0 bridgehead atoms. The first kappa shape index (κ1) is 25.6. The largest absolute Gasteiger partial charge is 0.355 e. The Hall–Kier alpha value is -3.05. The molecule has 3 aromatic rings. The van der Waals surface area contributed by atoms with Crippen LogP contribution in [0.1, 0.15) is 34.7 Å². The molecule has 5 heteroatoms. The number of likely N-dealkylation sites (N-methyl/N-ethyl adjacent to an activating group) is 1. The van der Waals surface area contributed by atoms with Crippen LogP contribution in [-0.2, 0) is 28.3 Å². The van der Waals surface area contributed by atoms with Crippen LogP contribution in [0.3, 0.4) is 0 Å². The van der Waals surface area contributed by atoms with Crippen molar-refractivity contribution in [3.8, 4) is 0 Å². The Kier molecular flexibility index (Phi) is 9.77. The topological polar surface area (TPSA) is 49.4 Å². The maximum Gasteiger partial charge on any atom is 0.243 e. The van der Waals surface area contributed by atoms with Gasteiger partial charge in [-0.1, -0.05) is 90.0 Å². The molecule has 3 aromatic carbocycles. The van der Waals surface area contributed by atoms with Gasteiger partial charge in [0.05, 0.1) is 5.75 Å². The number of benzene rings is 3. The molecule has 1 N–H and O–H groups in total. The lowest BCUT2D eigenvalue weighted by Gasteiger charge is -2.31. The standard InChI is InChI=1S/C29H34N2O2S/c1-4-30-29(33)27(18-24-12-6-5-7-13-24)31(19-25-14-8-10-22(2)16-25)28(32)21-34-20-26-15-9-11-23(3)17-26/h5-17,27H,4,18-21H2,1-3H3,(H,30,33)/t27-/m0/s1. The molecule has 4 nitrogen and oxygen atoms in total. The fourth-order valence-corrected chi connectivity index (χ4v) is 4.85. The van der Waals surface area contributed by atoms with Crippen LogP contribution < -0.4 is 5.32 Å². The van der Waals surface area contributed by atoms with E-state index in [0.29, 0.717) is 25.3 Å². The van der Waals surface area contributed by atoms with Gasteiger partial charge in [0.15, 0.2) is 0 Å². The molecule has 2 amide bonds. The first-order valence-corrected chi connectivity index (χ1v) is 12.9. The van der Waals surface area contributed by atoms with Crippen molar-refractivity contribution in [3.63, 3.8) is 0 Å². The number of aryl methyl sites for hydroxylation is 2. The highest BCUT2D eigenvalue weighted by molar-refractivity contribution is 7.99. The highest BCUT2D eigenvalue weighted by Crippen LogP contribution is 2.19. The van der Waals surface area contributed by atoms with E-state index in [-0.39, 0.29) is 11.8 Å². The SMILES string of the molecule is CCNC(=O)[C@H](Cc1ccccc1)N(Cc1cccc(C)c1)C(=O)CSCc1cccc(C)c1. The predicted octanol–water partition coefficient (Wildman–Crippen LogP) is 5.31. The van der Waals surface area contributed by atoms with Crippen LogP contribution in [-0.4, -0.2) is 35.1 Å². The van der Waals surface area contributed by atoms with Crippen LogP contribution >= 0.6 is 11.8 Å². The maximum atomic E-state index is 13.6. The zero-order valence-corrected chi connectivity index (χ0v) is 21.1. The van der Waals surface area contributed by atoms with Gasteiger partial charge >= 0.3 is 0 Å². The molecular formula is C29H34N2O2S. The molecule has 0 aliphatic heterocycles. The van der Waals surface area contributed by atoms with Gasteiger partial charge in [-0.3, -0.25) is 9.59 Å². The van der Waals surface area contributed by atoms with Gasteiger partial charge in [0.1, 0.15) is 6.04 Å². The molecule has 34 heavy (non-hydrogen) atoms. The average molecular weight is 475 g/mol. The molecule has 0 saturated heterocycles. The van der Waals surface area contributed by atoms with E-state index < -0.39 is 6.04 Å². The molecule has 0 unspecified atom stereocenters. The van der Waals surface area contributed by atoms with Gasteiger partial charge in [0.2, 0.25) is 11.8 Å². The number of thioether (sulfide) groups is 1. The fraction of sp³-hybridized carbons (Fsp3) is 0.310. The third-order valence-corrected chi connectivity index (χ3v) is 6.62. The highest BCUT2D eigenvalue weighted by atomic mass is 32.2. The molecule has 0 heterocycles. The van der Waals surface area contributed by atoms with E-state index in [9.17, 15) is 9.59 Å². The van der Waals surface area contributed by atoms with E-state index in [1.165, 1.54) is 11.1 Å². The van der Waals surface area contributed by atoms with Crippen molar-refractivity contribution in [3.05, 3.63) is 107 Å². The molecule has 0 fully saturated rings. The normalized spacial score (nSPS) is 11.6. The van der Waals surface area contributed by atoms with E-state index in [2.05, 4.69) is 36.5 Å². The fourth-order valence-electron chi connectivity index (χ4n) is 3.99. The Morgan fingerprint density at radius 3 is 2.12 bits per heavy atom. The van der Waals surface area contributed by atoms with E-state index in [0.717, 1.165) is 22.4 Å². The van der Waals surface area contributed by atoms with Crippen molar-refractivity contribution >= 4 is 23.6 Å². The molecule has 0 radical (unpaired) electrons. The minimum Gasteiger partial charge on any atom is -0.355 e. The zero-order valence-electron chi connectivity index (χ0n) is 20.3. The monoisotopic (exact) mass is 474 g/mol. The maximum absolute atomic E-state index is 13.6. The molecular weight excluding hydrogens is 440 g/mol. The molecule has 0 aliphatic rings. The van der Waals surface area contributed by atoms with Crippen LogP contribution in [0, 0.1) is 13.8 Å². The number of hydrogen-bond acceptors (Lipinski definition) is 3. The summed E-state index contributed by atoms with van der Waals surface area (Å²) in [5.41, 5.74) is 5.61. The van der Waals surface area contributed by atoms with E-state index in [4.69, 9.17) is 0 Å². The second-order valence-electron chi connectivity index (χ2n) is 8.59. The Bertz CT molecular complexity index is 1080. The molecule has 1 atom stereocenters. The highest BCUT2D eigenvalue weighted by Gasteiger charge is 2.30. The summed E-state index contributed by atoms with van der Waals surface area (Å²) in [6, 6.07) is 25.8. The molecule has 3 rings (SSSR count). The first-order valence-electron chi connectivity index (χ1n) is 11.8. The van der Waals surface area contributed by atoms with E-state index in [1.807, 2.05) is 68.4 Å². The van der Waals surface area contributed by atoms with Gasteiger partial charge in [0, 0.05) is 25.3 Å². The number of nitrogens with zero attached hydrogens (tertiary/aromatic N) is 1. The summed E-state index contributed by atoms with van der Waals surface area (Å²) in [6.07, 6.45) is 0.479. The minimum atomic E-state index is -0.574. The van der Waals surface area contributed by atoms with Crippen LogP contribution in [0.2, 0.25) is 0 Å². The Morgan fingerprint density at radius 1 is 0.853 bits per heavy atom. The smallest absolute Gasteiger partial charge is 0.243 e. The van der Waals surface area contributed by atoms with E-state index >= 15 is 0 Å². The molecule has 0 spiro atoms. The molecule has 178 valence electrons. The lowest BCUT2D eigenvalue weighted by atomic mass is 10.0. The van der Waals surface area contributed by atoms with Crippen LogP contribution in [0.15, 0.2) is 78.9 Å². The summed E-state index contributed by atoms with van der Waals surface area (Å²) in [4.78, 5) is 28.5. The van der Waals surface area contributed by atoms with Crippen LogP contribution in [0.4, 0.5) is 0 Å². The van der Waals surface area contributed by atoms with Gasteiger partial charge in [-0.15, -0.1) is 11.8 Å². The summed E-state index contributed by atoms with van der Waals surface area (Å²) < 4.78 is 0. The third kappa shape index (κ3) is 7.77. The second-order valence-corrected chi connectivity index (χ2v) is 9.58. The minimum absolute atomic E-state index is 0.0219. The Balaban J connectivity index is 1.82. The number of carbonyl (C=O) groups excluding carboxylic acids is 2. The van der Waals surface area contributed by atoms with Crippen LogP contribution in [0.25, 0.3) is 0 Å². The number of amides is 2. The Morgan fingerprint density at radius 2 is 1.47 bits per heavy atom. The van der Waals surface area contributed by atoms with Crippen molar-refractivity contribution in [1.29, 1.82) is 0 Å². The number of carbonyl (C=O) groups is 2. The van der Waals surface area contributed by atoms with Gasteiger partial charge in [-0.2, -0.15) is 0 Å².